The maximum Gasteiger partial charge on any atom is 0.418 e. The lowest BCUT2D eigenvalue weighted by Gasteiger charge is -2.25. The quantitative estimate of drug-likeness (QED) is 0.523. The van der Waals surface area contributed by atoms with E-state index in [1.807, 2.05) is 0 Å². The number of alkyl halides is 3. The maximum absolute atomic E-state index is 13.7. The summed E-state index contributed by atoms with van der Waals surface area (Å²) >= 11 is 0. The van der Waals surface area contributed by atoms with Crippen molar-refractivity contribution in [1.82, 2.24) is 0 Å². The molecule has 0 fully saturated rings. The van der Waals surface area contributed by atoms with Crippen LogP contribution in [0.4, 0.5) is 28.9 Å². The van der Waals surface area contributed by atoms with Crippen molar-refractivity contribution < 1.29 is 31.9 Å². The molecule has 9 heteroatoms. The van der Waals surface area contributed by atoms with Crippen LogP contribution < -0.4 is 15.4 Å². The number of hydrogen-bond donors (Lipinski definition) is 2. The van der Waals surface area contributed by atoms with Crippen LogP contribution in [-0.2, 0) is 17.4 Å². The Balaban J connectivity index is 1.52. The lowest BCUT2D eigenvalue weighted by atomic mass is 9.96. The summed E-state index contributed by atoms with van der Waals surface area (Å²) in [5.41, 5.74) is -0.765. The van der Waals surface area contributed by atoms with Crippen LogP contribution in [0.3, 0.4) is 0 Å². The van der Waals surface area contributed by atoms with Gasteiger partial charge < -0.3 is 15.4 Å². The number of benzene rings is 3. The van der Waals surface area contributed by atoms with Gasteiger partial charge in [-0.05, 0) is 60.5 Å². The van der Waals surface area contributed by atoms with Crippen molar-refractivity contribution in [2.24, 2.45) is 5.92 Å². The number of carbonyl (C=O) groups excluding carboxylic acids is 2. The number of anilines is 2. The van der Waals surface area contributed by atoms with Crippen LogP contribution in [0.2, 0.25) is 0 Å². The normalized spacial score (nSPS) is 15.2. The number of hydrogen-bond acceptors (Lipinski definition) is 3. The predicted octanol–water partition coefficient (Wildman–Crippen LogP) is 5.29. The molecule has 0 aliphatic carbocycles. The summed E-state index contributed by atoms with van der Waals surface area (Å²) in [6, 6.07) is 14.8. The number of carbonyl (C=O) groups is 2. The molecule has 1 unspecified atom stereocenters. The van der Waals surface area contributed by atoms with Gasteiger partial charge in [-0.2, -0.15) is 13.2 Å². The second-order valence-corrected chi connectivity index (χ2v) is 7.53. The van der Waals surface area contributed by atoms with Gasteiger partial charge in [0.05, 0.1) is 17.2 Å². The molecule has 1 atom stereocenters. The molecule has 0 spiro atoms. The van der Waals surface area contributed by atoms with Gasteiger partial charge in [0.2, 0.25) is 5.91 Å². The smallest absolute Gasteiger partial charge is 0.418 e. The minimum absolute atomic E-state index is 0.0516. The number of ether oxygens (including phenoxy) is 1. The molecule has 3 aromatic carbocycles. The Morgan fingerprint density at radius 3 is 2.39 bits per heavy atom. The average molecular weight is 458 g/mol. The second-order valence-electron chi connectivity index (χ2n) is 7.53. The Morgan fingerprint density at radius 2 is 1.67 bits per heavy atom. The van der Waals surface area contributed by atoms with Gasteiger partial charge in [0.1, 0.15) is 18.2 Å². The number of halogens is 4. The van der Waals surface area contributed by atoms with Crippen LogP contribution in [0.25, 0.3) is 0 Å². The Kier molecular flexibility index (Phi) is 6.04. The molecular weight excluding hydrogens is 440 g/mol. The summed E-state index contributed by atoms with van der Waals surface area (Å²) in [6.45, 7) is 0.0516. The zero-order valence-electron chi connectivity index (χ0n) is 17.1. The average Bonchev–Trinajstić information content (AvgIpc) is 2.79. The van der Waals surface area contributed by atoms with Gasteiger partial charge in [0, 0.05) is 11.3 Å². The molecule has 0 saturated heterocycles. The highest BCUT2D eigenvalue weighted by Gasteiger charge is 2.35. The van der Waals surface area contributed by atoms with E-state index >= 15 is 0 Å². The summed E-state index contributed by atoms with van der Waals surface area (Å²) in [4.78, 5) is 24.9. The molecule has 0 bridgehead atoms. The highest BCUT2D eigenvalue weighted by atomic mass is 19.4. The summed E-state index contributed by atoms with van der Waals surface area (Å²) in [5, 5.41) is 4.69. The van der Waals surface area contributed by atoms with Crippen molar-refractivity contribution in [3.8, 4) is 5.75 Å². The zero-order chi connectivity index (χ0) is 23.6. The van der Waals surface area contributed by atoms with Gasteiger partial charge in [-0.15, -0.1) is 0 Å². The highest BCUT2D eigenvalue weighted by molar-refractivity contribution is 6.04. The Hall–Kier alpha value is -3.88. The Bertz CT molecular complexity index is 1190. The van der Waals surface area contributed by atoms with E-state index in [1.54, 1.807) is 24.3 Å². The molecule has 0 aromatic heterocycles. The molecule has 2 amide bonds. The molecule has 2 N–H and O–H groups in total. The van der Waals surface area contributed by atoms with Gasteiger partial charge >= 0.3 is 6.18 Å². The van der Waals surface area contributed by atoms with Crippen LogP contribution in [0.15, 0.2) is 66.7 Å². The minimum atomic E-state index is -4.78. The van der Waals surface area contributed by atoms with Crippen LogP contribution in [-0.4, -0.2) is 18.4 Å². The first-order valence-corrected chi connectivity index (χ1v) is 10.0. The largest absolute Gasteiger partial charge is 0.492 e. The monoisotopic (exact) mass is 458 g/mol. The van der Waals surface area contributed by atoms with Crippen molar-refractivity contribution in [2.45, 2.75) is 12.6 Å². The molecule has 1 aliphatic rings. The molecule has 170 valence electrons. The SMILES string of the molecule is O=C(Nc1ccc(NC(=O)C2COc3ccccc3C2)c(C(F)(F)F)c1)c1ccc(F)cc1. The third-order valence-electron chi connectivity index (χ3n) is 5.20. The second kappa shape index (κ2) is 8.93. The van der Waals surface area contributed by atoms with E-state index in [2.05, 4.69) is 10.6 Å². The zero-order valence-corrected chi connectivity index (χ0v) is 17.1. The van der Waals surface area contributed by atoms with E-state index in [0.29, 0.717) is 12.2 Å². The van der Waals surface area contributed by atoms with Crippen LogP contribution >= 0.6 is 0 Å². The Morgan fingerprint density at radius 1 is 0.939 bits per heavy atom. The van der Waals surface area contributed by atoms with E-state index in [-0.39, 0.29) is 17.9 Å². The van der Waals surface area contributed by atoms with Gasteiger partial charge in [-0.3, -0.25) is 9.59 Å². The highest BCUT2D eigenvalue weighted by Crippen LogP contribution is 2.37. The first-order valence-electron chi connectivity index (χ1n) is 10.0. The number of rotatable bonds is 4. The van der Waals surface area contributed by atoms with E-state index in [0.717, 1.165) is 29.8 Å². The van der Waals surface area contributed by atoms with Crippen LogP contribution in [0, 0.1) is 11.7 Å². The van der Waals surface area contributed by atoms with Gasteiger partial charge in [0.25, 0.3) is 5.91 Å². The predicted molar refractivity (Wildman–Crippen MR) is 114 cm³/mol. The molecule has 1 aliphatic heterocycles. The molecule has 3 aromatic rings. The molecule has 5 nitrogen and oxygen atoms in total. The lowest BCUT2D eigenvalue weighted by molar-refractivity contribution is -0.137. The van der Waals surface area contributed by atoms with Gasteiger partial charge in [-0.1, -0.05) is 18.2 Å². The van der Waals surface area contributed by atoms with Crippen molar-refractivity contribution in [3.05, 3.63) is 89.2 Å². The Labute approximate surface area is 186 Å². The first kappa shape index (κ1) is 22.3. The van der Waals surface area contributed by atoms with Crippen molar-refractivity contribution in [3.63, 3.8) is 0 Å². The number of amides is 2. The van der Waals surface area contributed by atoms with Crippen LogP contribution in [0.5, 0.6) is 5.75 Å². The fraction of sp³-hybridized carbons (Fsp3) is 0.167. The van der Waals surface area contributed by atoms with Crippen molar-refractivity contribution in [1.29, 1.82) is 0 Å². The molecule has 33 heavy (non-hydrogen) atoms. The third-order valence-corrected chi connectivity index (χ3v) is 5.20. The minimum Gasteiger partial charge on any atom is -0.492 e. The topological polar surface area (TPSA) is 67.4 Å². The standard InChI is InChI=1S/C24H18F4N2O3/c25-17-7-5-14(6-8-17)22(31)29-18-9-10-20(19(12-18)24(26,27)28)30-23(32)16-11-15-3-1-2-4-21(15)33-13-16/h1-10,12,16H,11,13H2,(H,29,31)(H,30,32). The number of nitrogens with one attached hydrogen (secondary N) is 2. The molecule has 0 saturated carbocycles. The van der Waals surface area contributed by atoms with E-state index in [9.17, 15) is 27.2 Å². The van der Waals surface area contributed by atoms with E-state index in [1.165, 1.54) is 18.2 Å². The summed E-state index contributed by atoms with van der Waals surface area (Å²) in [7, 11) is 0. The molecule has 4 rings (SSSR count). The fourth-order valence-electron chi connectivity index (χ4n) is 3.50. The fourth-order valence-corrected chi connectivity index (χ4v) is 3.50. The molecule has 0 radical (unpaired) electrons. The summed E-state index contributed by atoms with van der Waals surface area (Å²) in [5.74, 6) is -1.84. The lowest BCUT2D eigenvalue weighted by Crippen LogP contribution is -2.33. The third kappa shape index (κ3) is 5.14. The molecular formula is C24H18F4N2O3. The summed E-state index contributed by atoms with van der Waals surface area (Å²) in [6.07, 6.45) is -4.44. The van der Waals surface area contributed by atoms with Gasteiger partial charge in [0.15, 0.2) is 0 Å². The number of fused-ring (bicyclic) bond motifs is 1. The number of para-hydroxylation sites is 1. The molecule has 1 heterocycles. The van der Waals surface area contributed by atoms with Crippen molar-refractivity contribution in [2.75, 3.05) is 17.2 Å². The van der Waals surface area contributed by atoms with Crippen LogP contribution in [0.1, 0.15) is 21.5 Å². The van der Waals surface area contributed by atoms with E-state index in [4.69, 9.17) is 4.74 Å². The first-order chi connectivity index (χ1) is 15.7. The van der Waals surface area contributed by atoms with Gasteiger partial charge in [-0.25, -0.2) is 4.39 Å². The van der Waals surface area contributed by atoms with Crippen molar-refractivity contribution >= 4 is 23.2 Å². The maximum atomic E-state index is 13.7. The van der Waals surface area contributed by atoms with E-state index < -0.39 is 41.0 Å². The summed E-state index contributed by atoms with van der Waals surface area (Å²) < 4.78 is 59.6.